The fourth-order valence-electron chi connectivity index (χ4n) is 1.65. The molecule has 0 spiro atoms. The van der Waals surface area contributed by atoms with E-state index in [1.807, 2.05) is 62.4 Å². The Morgan fingerprint density at radius 3 is 1.52 bits per heavy atom. The summed E-state index contributed by atoms with van der Waals surface area (Å²) in [6.45, 7) is 8.90. The highest BCUT2D eigenvalue weighted by molar-refractivity contribution is 7.42. The van der Waals surface area contributed by atoms with Crippen LogP contribution in [0, 0.1) is 19.8 Å². The number of halogens is 1. The van der Waals surface area contributed by atoms with Gasteiger partial charge in [0.05, 0.1) is 6.61 Å². The van der Waals surface area contributed by atoms with Gasteiger partial charge in [-0.25, -0.2) is 0 Å². The summed E-state index contributed by atoms with van der Waals surface area (Å²) in [7, 11) is -1.47. The molecular weight excluding hydrogens is 331 g/mol. The molecule has 3 nitrogen and oxygen atoms in total. The number of rotatable bonds is 7. The van der Waals surface area contributed by atoms with E-state index in [1.54, 1.807) is 0 Å². The van der Waals surface area contributed by atoms with Crippen molar-refractivity contribution in [1.82, 2.24) is 0 Å². The van der Waals surface area contributed by atoms with Gasteiger partial charge in [0.1, 0.15) is 11.5 Å². The van der Waals surface area contributed by atoms with Crippen molar-refractivity contribution in [3.63, 3.8) is 0 Å². The molecule has 2 aromatic carbocycles. The Kier molecular flexibility index (Phi) is 8.40. The summed E-state index contributed by atoms with van der Waals surface area (Å²) in [5.41, 5.74) is 2.39. The third-order valence-electron chi connectivity index (χ3n) is 2.92. The Morgan fingerprint density at radius 1 is 0.783 bits per heavy atom. The molecule has 0 aliphatic rings. The molecule has 126 valence electrons. The number of aryl methyl sites for hydroxylation is 2. The maximum Gasteiger partial charge on any atom is 0.463 e. The van der Waals surface area contributed by atoms with Crippen molar-refractivity contribution < 1.29 is 13.6 Å². The van der Waals surface area contributed by atoms with Crippen LogP contribution in [0.4, 0.5) is 0 Å². The lowest BCUT2D eigenvalue weighted by atomic mass is 10.2. The highest BCUT2D eigenvalue weighted by atomic mass is 35.5. The van der Waals surface area contributed by atoms with Crippen molar-refractivity contribution in [2.24, 2.45) is 5.92 Å². The maximum atomic E-state index is 5.87. The molecule has 0 fully saturated rings. The van der Waals surface area contributed by atoms with Crippen LogP contribution in [0.25, 0.3) is 0 Å². The maximum absolute atomic E-state index is 5.87. The number of hydrogen-bond acceptors (Lipinski definition) is 3. The summed E-state index contributed by atoms with van der Waals surface area (Å²) in [6, 6.07) is 15.8. The molecule has 0 saturated carbocycles. The zero-order valence-corrected chi connectivity index (χ0v) is 15.7. The lowest BCUT2D eigenvalue weighted by Crippen LogP contribution is -2.05. The Morgan fingerprint density at radius 2 is 1.17 bits per heavy atom. The summed E-state index contributed by atoms with van der Waals surface area (Å²) in [6.07, 6.45) is 0. The van der Waals surface area contributed by atoms with Gasteiger partial charge in [-0.15, -0.1) is 12.4 Å². The molecule has 0 atom stereocenters. The lowest BCUT2D eigenvalue weighted by molar-refractivity contribution is 0.234. The third kappa shape index (κ3) is 7.22. The highest BCUT2D eigenvalue weighted by Crippen LogP contribution is 2.41. The first-order chi connectivity index (χ1) is 10.5. The third-order valence-corrected chi connectivity index (χ3v) is 3.99. The predicted molar refractivity (Wildman–Crippen MR) is 98.6 cm³/mol. The van der Waals surface area contributed by atoms with Crippen molar-refractivity contribution in [2.45, 2.75) is 27.7 Å². The number of hydrogen-bond donors (Lipinski definition) is 0. The highest BCUT2D eigenvalue weighted by Gasteiger charge is 2.18. The molecule has 5 heteroatoms. The summed E-state index contributed by atoms with van der Waals surface area (Å²) >= 11 is 0. The van der Waals surface area contributed by atoms with Crippen LogP contribution in [0.3, 0.4) is 0 Å². The first-order valence-electron chi connectivity index (χ1n) is 7.45. The van der Waals surface area contributed by atoms with Gasteiger partial charge >= 0.3 is 8.60 Å². The Balaban J connectivity index is 0.00000264. The smallest absolute Gasteiger partial charge is 0.418 e. The van der Waals surface area contributed by atoms with Crippen LogP contribution in [0.15, 0.2) is 48.5 Å². The standard InChI is InChI=1S/C18H23O3P.ClH/c1-14(2)13-19-22(20-17-9-5-15(3)6-10-17)21-18-11-7-16(4)8-12-18;/h5-12,14H,13H2,1-4H3;1H. The first-order valence-corrected chi connectivity index (χ1v) is 8.55. The molecule has 0 saturated heterocycles. The zero-order valence-electron chi connectivity index (χ0n) is 14.0. The van der Waals surface area contributed by atoms with E-state index in [2.05, 4.69) is 13.8 Å². The van der Waals surface area contributed by atoms with E-state index in [9.17, 15) is 0 Å². The van der Waals surface area contributed by atoms with Gasteiger partial charge in [0.15, 0.2) is 0 Å². The second-order valence-electron chi connectivity index (χ2n) is 5.72. The van der Waals surface area contributed by atoms with Gasteiger partial charge in [0.2, 0.25) is 0 Å². The van der Waals surface area contributed by atoms with E-state index in [1.165, 1.54) is 11.1 Å². The largest absolute Gasteiger partial charge is 0.463 e. The SMILES string of the molecule is Cc1ccc(OP(OCC(C)C)Oc2ccc(C)cc2)cc1.Cl. The van der Waals surface area contributed by atoms with E-state index >= 15 is 0 Å². The van der Waals surface area contributed by atoms with Gasteiger partial charge in [0, 0.05) is 0 Å². The molecule has 0 aliphatic heterocycles. The molecule has 23 heavy (non-hydrogen) atoms. The second kappa shape index (κ2) is 9.77. The molecule has 0 heterocycles. The van der Waals surface area contributed by atoms with Crippen molar-refractivity contribution in [3.05, 3.63) is 59.7 Å². The quantitative estimate of drug-likeness (QED) is 0.564. The summed E-state index contributed by atoms with van der Waals surface area (Å²) in [4.78, 5) is 0. The summed E-state index contributed by atoms with van der Waals surface area (Å²) in [5.74, 6) is 1.94. The normalized spacial score (nSPS) is 10.5. The average Bonchev–Trinajstić information content (AvgIpc) is 2.49. The van der Waals surface area contributed by atoms with Gasteiger partial charge in [-0.2, -0.15) is 0 Å². The predicted octanol–water partition coefficient (Wildman–Crippen LogP) is 6.08. The Hall–Kier alpha value is -1.28. The topological polar surface area (TPSA) is 27.7 Å². The molecule has 2 aromatic rings. The zero-order chi connectivity index (χ0) is 15.9. The van der Waals surface area contributed by atoms with Crippen LogP contribution in [0.5, 0.6) is 11.5 Å². The molecule has 0 aromatic heterocycles. The van der Waals surface area contributed by atoms with Crippen molar-refractivity contribution >= 4 is 21.0 Å². The van der Waals surface area contributed by atoms with Crippen molar-refractivity contribution in [1.29, 1.82) is 0 Å². The molecule has 0 bridgehead atoms. The van der Waals surface area contributed by atoms with Gasteiger partial charge in [-0.1, -0.05) is 49.2 Å². The minimum Gasteiger partial charge on any atom is -0.418 e. The van der Waals surface area contributed by atoms with Gasteiger partial charge in [-0.3, -0.25) is 4.52 Å². The van der Waals surface area contributed by atoms with E-state index in [-0.39, 0.29) is 12.4 Å². The van der Waals surface area contributed by atoms with Crippen molar-refractivity contribution in [2.75, 3.05) is 6.61 Å². The molecule has 0 amide bonds. The van der Waals surface area contributed by atoms with E-state index in [4.69, 9.17) is 13.6 Å². The van der Waals surface area contributed by atoms with Gasteiger partial charge in [-0.05, 0) is 44.0 Å². The van der Waals surface area contributed by atoms with Crippen LogP contribution in [0.2, 0.25) is 0 Å². The minimum absolute atomic E-state index is 0. The molecule has 0 N–H and O–H groups in total. The average molecular weight is 355 g/mol. The Bertz CT molecular complexity index is 522. The fourth-order valence-corrected chi connectivity index (χ4v) is 2.80. The van der Waals surface area contributed by atoms with Crippen LogP contribution >= 0.6 is 21.0 Å². The van der Waals surface area contributed by atoms with E-state index < -0.39 is 8.60 Å². The van der Waals surface area contributed by atoms with Crippen molar-refractivity contribution in [3.8, 4) is 11.5 Å². The molecule has 2 rings (SSSR count). The molecule has 0 aliphatic carbocycles. The Labute approximate surface area is 146 Å². The summed E-state index contributed by atoms with van der Waals surface area (Å²) in [5, 5.41) is 0. The molecular formula is C18H24ClO3P. The first kappa shape index (κ1) is 19.8. The van der Waals surface area contributed by atoms with Gasteiger partial charge < -0.3 is 9.05 Å². The molecule has 0 unspecified atom stereocenters. The van der Waals surface area contributed by atoms with E-state index in [0.717, 1.165) is 11.5 Å². The summed E-state index contributed by atoms with van der Waals surface area (Å²) < 4.78 is 17.5. The second-order valence-corrected chi connectivity index (χ2v) is 6.79. The monoisotopic (exact) mass is 354 g/mol. The van der Waals surface area contributed by atoms with E-state index in [0.29, 0.717) is 12.5 Å². The minimum atomic E-state index is -1.47. The molecule has 0 radical (unpaired) electrons. The van der Waals surface area contributed by atoms with Crippen LogP contribution < -0.4 is 9.05 Å². The van der Waals surface area contributed by atoms with Crippen LogP contribution in [-0.2, 0) is 4.52 Å². The van der Waals surface area contributed by atoms with Gasteiger partial charge in [0.25, 0.3) is 0 Å². The van der Waals surface area contributed by atoms with Crippen LogP contribution in [0.1, 0.15) is 25.0 Å². The van der Waals surface area contributed by atoms with Crippen LogP contribution in [-0.4, -0.2) is 6.61 Å². The lowest BCUT2D eigenvalue weighted by Gasteiger charge is -2.18. The number of benzene rings is 2. The fraction of sp³-hybridized carbons (Fsp3) is 0.333.